The summed E-state index contributed by atoms with van der Waals surface area (Å²) in [5, 5.41) is 10.0. The molecular formula is C5H4ClNO3S2. The highest BCUT2D eigenvalue weighted by Gasteiger charge is 2.14. The first kappa shape index (κ1) is 9.76. The topological polar surface area (TPSA) is 66.7 Å². The van der Waals surface area contributed by atoms with Crippen molar-refractivity contribution in [1.82, 2.24) is 0 Å². The standard InChI is InChI=1S/C5H4ClNO3S2/c6-5-7-3(2-12(5)10)11-1-4(8)9/h2H,1H2,(H,8,9). The number of nitrogens with zero attached hydrogens (tertiary/aromatic N) is 1. The van der Waals surface area contributed by atoms with Gasteiger partial charge in [-0.15, -0.1) is 0 Å². The summed E-state index contributed by atoms with van der Waals surface area (Å²) in [5.74, 6) is -1.04. The number of carboxylic acid groups (broad SMARTS) is 1. The number of hydrogen-bond acceptors (Lipinski definition) is 4. The van der Waals surface area contributed by atoms with Crippen LogP contribution in [0.3, 0.4) is 0 Å². The molecule has 1 atom stereocenters. The van der Waals surface area contributed by atoms with Crippen LogP contribution < -0.4 is 0 Å². The van der Waals surface area contributed by atoms with Gasteiger partial charge in [0.25, 0.3) is 0 Å². The molecule has 0 saturated heterocycles. The van der Waals surface area contributed by atoms with E-state index in [0.29, 0.717) is 5.03 Å². The molecule has 0 amide bonds. The van der Waals surface area contributed by atoms with Gasteiger partial charge >= 0.3 is 5.97 Å². The Morgan fingerprint density at radius 1 is 1.83 bits per heavy atom. The van der Waals surface area contributed by atoms with E-state index in [1.807, 2.05) is 0 Å². The van der Waals surface area contributed by atoms with Crippen LogP contribution in [0.15, 0.2) is 15.4 Å². The fraction of sp³-hybridized carbons (Fsp3) is 0.200. The van der Waals surface area contributed by atoms with Gasteiger partial charge in [0.15, 0.2) is 4.50 Å². The molecule has 0 aromatic carbocycles. The fourth-order valence-electron chi connectivity index (χ4n) is 0.500. The molecule has 12 heavy (non-hydrogen) atoms. The molecule has 0 radical (unpaired) electrons. The molecule has 0 fully saturated rings. The van der Waals surface area contributed by atoms with Crippen LogP contribution >= 0.6 is 23.4 Å². The van der Waals surface area contributed by atoms with E-state index in [1.165, 1.54) is 5.41 Å². The van der Waals surface area contributed by atoms with Gasteiger partial charge in [-0.3, -0.25) is 4.79 Å². The second-order valence-corrected chi connectivity index (χ2v) is 4.60. The van der Waals surface area contributed by atoms with E-state index in [4.69, 9.17) is 16.7 Å². The molecule has 0 saturated carbocycles. The Bertz CT molecular complexity index is 299. The monoisotopic (exact) mass is 225 g/mol. The van der Waals surface area contributed by atoms with Crippen molar-refractivity contribution in [3.05, 3.63) is 10.4 Å². The summed E-state index contributed by atoms with van der Waals surface area (Å²) in [6, 6.07) is 0. The van der Waals surface area contributed by atoms with E-state index >= 15 is 0 Å². The third-order valence-electron chi connectivity index (χ3n) is 0.915. The van der Waals surface area contributed by atoms with Gasteiger partial charge in [-0.25, -0.2) is 9.20 Å². The molecule has 1 N–H and O–H groups in total. The van der Waals surface area contributed by atoms with Gasteiger partial charge in [-0.1, -0.05) is 23.4 Å². The Kier molecular flexibility index (Phi) is 3.30. The van der Waals surface area contributed by atoms with Crippen molar-refractivity contribution < 1.29 is 14.1 Å². The summed E-state index contributed by atoms with van der Waals surface area (Å²) in [4.78, 5) is 13.8. The number of aliphatic imine (C=N–C) groups is 1. The predicted molar refractivity (Wildman–Crippen MR) is 49.6 cm³/mol. The minimum Gasteiger partial charge on any atom is -0.481 e. The van der Waals surface area contributed by atoms with Crippen molar-refractivity contribution in [3.63, 3.8) is 0 Å². The molecule has 1 heterocycles. The van der Waals surface area contributed by atoms with Gasteiger partial charge in [0.05, 0.1) is 5.75 Å². The minimum atomic E-state index is -1.37. The highest BCUT2D eigenvalue weighted by Crippen LogP contribution is 2.24. The van der Waals surface area contributed by atoms with Crippen LogP contribution in [0.4, 0.5) is 0 Å². The molecule has 0 aromatic rings. The Morgan fingerprint density at radius 3 is 2.92 bits per heavy atom. The van der Waals surface area contributed by atoms with Gasteiger partial charge < -0.3 is 5.11 Å². The summed E-state index contributed by atoms with van der Waals surface area (Å²) in [5.41, 5.74) is 0. The molecule has 4 nitrogen and oxygen atoms in total. The molecule has 1 unspecified atom stereocenters. The predicted octanol–water partition coefficient (Wildman–Crippen LogP) is 0.960. The van der Waals surface area contributed by atoms with Gasteiger partial charge in [-0.05, 0) is 0 Å². The van der Waals surface area contributed by atoms with Crippen LogP contribution in [0.1, 0.15) is 0 Å². The van der Waals surface area contributed by atoms with Crippen molar-refractivity contribution in [2.45, 2.75) is 0 Å². The third-order valence-corrected chi connectivity index (χ3v) is 3.36. The summed E-state index contributed by atoms with van der Waals surface area (Å²) >= 11 is 6.41. The molecule has 0 spiro atoms. The summed E-state index contributed by atoms with van der Waals surface area (Å²) < 4.78 is 10.8. The third kappa shape index (κ3) is 2.62. The van der Waals surface area contributed by atoms with Crippen LogP contribution in [0.5, 0.6) is 0 Å². The van der Waals surface area contributed by atoms with Crippen LogP contribution in [0.2, 0.25) is 0 Å². The van der Waals surface area contributed by atoms with Crippen molar-refractivity contribution in [2.75, 3.05) is 5.75 Å². The number of rotatable bonds is 3. The summed E-state index contributed by atoms with van der Waals surface area (Å²) in [6.07, 6.45) is 0. The first-order valence-corrected chi connectivity index (χ1v) is 5.38. The normalized spacial score (nSPS) is 21.9. The van der Waals surface area contributed by atoms with Crippen LogP contribution in [0.25, 0.3) is 0 Å². The van der Waals surface area contributed by atoms with Crippen LogP contribution in [-0.4, -0.2) is 25.5 Å². The average Bonchev–Trinajstić information content (AvgIpc) is 2.28. The van der Waals surface area contributed by atoms with Crippen LogP contribution in [-0.2, 0) is 15.6 Å². The molecule has 0 aliphatic carbocycles. The number of halogens is 1. The van der Waals surface area contributed by atoms with E-state index in [1.54, 1.807) is 0 Å². The van der Waals surface area contributed by atoms with Gasteiger partial charge in [0.1, 0.15) is 15.8 Å². The molecule has 1 rings (SSSR count). The van der Waals surface area contributed by atoms with E-state index in [-0.39, 0.29) is 10.3 Å². The number of carbonyl (C=O) groups is 1. The maximum atomic E-state index is 10.8. The fourth-order valence-corrected chi connectivity index (χ4v) is 2.32. The highest BCUT2D eigenvalue weighted by molar-refractivity contribution is 8.09. The smallest absolute Gasteiger partial charge is 0.313 e. The van der Waals surface area contributed by atoms with E-state index in [0.717, 1.165) is 11.8 Å². The lowest BCUT2D eigenvalue weighted by Crippen LogP contribution is -1.97. The number of thioether (sulfide) groups is 1. The molecule has 66 valence electrons. The van der Waals surface area contributed by atoms with E-state index in [2.05, 4.69) is 4.99 Å². The molecule has 1 aliphatic heterocycles. The molecular weight excluding hydrogens is 222 g/mol. The zero-order chi connectivity index (χ0) is 9.14. The number of hydrogen-bond donors (Lipinski definition) is 1. The van der Waals surface area contributed by atoms with E-state index in [9.17, 15) is 9.00 Å². The van der Waals surface area contributed by atoms with Gasteiger partial charge in [0, 0.05) is 5.41 Å². The maximum Gasteiger partial charge on any atom is 0.313 e. The number of aliphatic carboxylic acids is 1. The van der Waals surface area contributed by atoms with Crippen molar-refractivity contribution in [1.29, 1.82) is 0 Å². The summed E-state index contributed by atoms with van der Waals surface area (Å²) in [7, 11) is -1.37. The molecule has 7 heteroatoms. The Balaban J connectivity index is 2.51. The second kappa shape index (κ2) is 4.06. The van der Waals surface area contributed by atoms with Gasteiger partial charge in [0.2, 0.25) is 0 Å². The number of carboxylic acids is 1. The Labute approximate surface area is 80.2 Å². The van der Waals surface area contributed by atoms with Crippen molar-refractivity contribution >= 4 is 44.6 Å². The van der Waals surface area contributed by atoms with Crippen molar-refractivity contribution in [2.24, 2.45) is 4.99 Å². The Hall–Kier alpha value is -0.330. The quantitative estimate of drug-likeness (QED) is 0.777. The first-order valence-electron chi connectivity index (χ1n) is 2.81. The average molecular weight is 226 g/mol. The largest absolute Gasteiger partial charge is 0.481 e. The van der Waals surface area contributed by atoms with Gasteiger partial charge in [-0.2, -0.15) is 0 Å². The van der Waals surface area contributed by atoms with Crippen LogP contribution in [0, 0.1) is 0 Å². The molecule has 0 aromatic heterocycles. The summed E-state index contributed by atoms with van der Waals surface area (Å²) in [6.45, 7) is 0. The van der Waals surface area contributed by atoms with Crippen molar-refractivity contribution in [3.8, 4) is 0 Å². The molecule has 1 aliphatic rings. The SMILES string of the molecule is O=C(O)CSC1=CS(=O)C(Cl)=N1. The first-order chi connectivity index (χ1) is 5.59. The lowest BCUT2D eigenvalue weighted by molar-refractivity contribution is -0.133. The van der Waals surface area contributed by atoms with E-state index < -0.39 is 16.8 Å². The lowest BCUT2D eigenvalue weighted by atomic mass is 10.8. The zero-order valence-corrected chi connectivity index (χ0v) is 8.08. The zero-order valence-electron chi connectivity index (χ0n) is 5.69. The maximum absolute atomic E-state index is 10.8. The minimum absolute atomic E-state index is 0.00267. The Morgan fingerprint density at radius 2 is 2.50 bits per heavy atom. The second-order valence-electron chi connectivity index (χ2n) is 1.80. The highest BCUT2D eigenvalue weighted by atomic mass is 35.5. The molecule has 0 bridgehead atoms. The lowest BCUT2D eigenvalue weighted by Gasteiger charge is -1.91.